The normalized spacial score (nSPS) is 14.5. The Morgan fingerprint density at radius 2 is 1.70 bits per heavy atom. The van der Waals surface area contributed by atoms with Crippen LogP contribution in [0.4, 0.5) is 0 Å². The molecule has 0 saturated carbocycles. The smallest absolute Gasteiger partial charge is 0.146 e. The molecule has 164 valence electrons. The second-order valence-electron chi connectivity index (χ2n) is 7.84. The molecule has 4 nitrogen and oxygen atoms in total. The number of aliphatic imine (C=N–C) groups is 1. The molecule has 2 aromatic rings. The Kier molecular flexibility index (Phi) is 10.6. The highest BCUT2D eigenvalue weighted by Crippen LogP contribution is 2.24. The quantitative estimate of drug-likeness (QED) is 0.324. The lowest BCUT2D eigenvalue weighted by atomic mass is 10.1. The van der Waals surface area contributed by atoms with Crippen molar-refractivity contribution in [3.63, 3.8) is 0 Å². The molecule has 30 heavy (non-hydrogen) atoms. The Balaban J connectivity index is 0.00000320. The van der Waals surface area contributed by atoms with Crippen LogP contribution in [0.25, 0.3) is 6.08 Å². The highest BCUT2D eigenvalue weighted by molar-refractivity contribution is 6.11. The van der Waals surface area contributed by atoms with Crippen molar-refractivity contribution in [2.75, 3.05) is 7.11 Å². The maximum Gasteiger partial charge on any atom is 0.146 e. The van der Waals surface area contributed by atoms with Gasteiger partial charge in [-0.3, -0.25) is 0 Å². The monoisotopic (exact) mass is 429 g/mol. The molecule has 2 aromatic heterocycles. The van der Waals surface area contributed by atoms with Crippen molar-refractivity contribution in [1.82, 2.24) is 9.97 Å². The molecule has 5 heteroatoms. The highest BCUT2D eigenvalue weighted by atomic mass is 35.5. The van der Waals surface area contributed by atoms with Crippen LogP contribution in [0.1, 0.15) is 81.8 Å². The molecule has 0 aliphatic carbocycles. The molecule has 3 rings (SSSR count). The molecule has 3 heterocycles. The molecule has 0 fully saturated rings. The molecule has 0 aromatic carbocycles. The van der Waals surface area contributed by atoms with Crippen LogP contribution in [0.2, 0.25) is 0 Å². The third kappa shape index (κ3) is 7.24. The minimum Gasteiger partial charge on any atom is -0.494 e. The van der Waals surface area contributed by atoms with Crippen LogP contribution in [0.3, 0.4) is 0 Å². The molecule has 0 bridgehead atoms. The Bertz CT molecular complexity index is 830. The van der Waals surface area contributed by atoms with Crippen LogP contribution in [0, 0.1) is 0 Å². The molecule has 0 saturated heterocycles. The fraction of sp³-hybridized carbons (Fsp3) is 0.480. The van der Waals surface area contributed by atoms with Crippen molar-refractivity contribution in [2.24, 2.45) is 4.99 Å². The van der Waals surface area contributed by atoms with E-state index in [2.05, 4.69) is 35.1 Å². The number of H-pyrrole nitrogens is 2. The van der Waals surface area contributed by atoms with Gasteiger partial charge < -0.3 is 14.7 Å². The summed E-state index contributed by atoms with van der Waals surface area (Å²) in [6, 6.07) is 8.32. The highest BCUT2D eigenvalue weighted by Gasteiger charge is 2.17. The largest absolute Gasteiger partial charge is 0.494 e. The number of hydrogen-bond acceptors (Lipinski definition) is 2. The Morgan fingerprint density at radius 1 is 0.967 bits per heavy atom. The molecule has 1 aliphatic rings. The van der Waals surface area contributed by atoms with E-state index in [0.717, 1.165) is 35.0 Å². The van der Waals surface area contributed by atoms with Crippen LogP contribution in [0.5, 0.6) is 0 Å². The molecule has 0 amide bonds. The van der Waals surface area contributed by atoms with E-state index in [1.165, 1.54) is 63.5 Å². The van der Waals surface area contributed by atoms with Crippen molar-refractivity contribution in [1.29, 1.82) is 0 Å². The number of aromatic nitrogens is 2. The van der Waals surface area contributed by atoms with Crippen LogP contribution < -0.4 is 0 Å². The summed E-state index contributed by atoms with van der Waals surface area (Å²) in [7, 11) is 1.69. The Hall–Kier alpha value is -2.20. The SMILES string of the molecule is CCCCCCCCCCCc1ccc(/C=C2/N=C(c3ccc[nH]3)C=C2OC)[nH]1.Cl. The fourth-order valence-corrected chi connectivity index (χ4v) is 3.77. The van der Waals surface area contributed by atoms with Gasteiger partial charge in [0.05, 0.1) is 18.5 Å². The lowest BCUT2D eigenvalue weighted by molar-refractivity contribution is 0.303. The molecule has 0 unspecified atom stereocenters. The van der Waals surface area contributed by atoms with Gasteiger partial charge in [0.2, 0.25) is 0 Å². The van der Waals surface area contributed by atoms with E-state index < -0.39 is 0 Å². The zero-order chi connectivity index (χ0) is 20.3. The number of aryl methyl sites for hydroxylation is 1. The number of halogens is 1. The summed E-state index contributed by atoms with van der Waals surface area (Å²) in [5.41, 5.74) is 5.13. The number of allylic oxidation sites excluding steroid dienone is 1. The molecule has 1 aliphatic heterocycles. The minimum absolute atomic E-state index is 0. The third-order valence-corrected chi connectivity index (χ3v) is 5.47. The Labute approximate surface area is 187 Å². The lowest BCUT2D eigenvalue weighted by Crippen LogP contribution is -1.93. The number of aromatic amines is 2. The van der Waals surface area contributed by atoms with Gasteiger partial charge in [0.25, 0.3) is 0 Å². The zero-order valence-electron chi connectivity index (χ0n) is 18.4. The van der Waals surface area contributed by atoms with Gasteiger partial charge in [-0.15, -0.1) is 12.4 Å². The molecule has 2 N–H and O–H groups in total. The summed E-state index contributed by atoms with van der Waals surface area (Å²) in [6.45, 7) is 2.28. The van der Waals surface area contributed by atoms with E-state index in [4.69, 9.17) is 9.73 Å². The standard InChI is InChI=1S/C25H35N3O.ClH/c1-3-4-5-6-7-8-9-10-11-13-20-15-16-21(27-20)18-24-25(29-2)19-23(28-24)22-14-12-17-26-22;/h12,14-19,26-27H,3-11,13H2,1-2H3;1H/b24-18+;. The first-order valence-corrected chi connectivity index (χ1v) is 11.2. The number of ether oxygens (including phenoxy) is 1. The van der Waals surface area contributed by atoms with Gasteiger partial charge in [0, 0.05) is 23.7 Å². The van der Waals surface area contributed by atoms with Crippen molar-refractivity contribution in [3.05, 3.63) is 65.1 Å². The predicted octanol–water partition coefficient (Wildman–Crippen LogP) is 7.21. The van der Waals surface area contributed by atoms with Crippen molar-refractivity contribution >= 4 is 24.2 Å². The molecule has 0 radical (unpaired) electrons. The predicted molar refractivity (Wildman–Crippen MR) is 129 cm³/mol. The zero-order valence-corrected chi connectivity index (χ0v) is 19.2. The number of nitrogens with zero attached hydrogens (tertiary/aromatic N) is 1. The van der Waals surface area contributed by atoms with Gasteiger partial charge >= 0.3 is 0 Å². The average molecular weight is 430 g/mol. The van der Waals surface area contributed by atoms with Gasteiger partial charge in [-0.1, -0.05) is 58.3 Å². The van der Waals surface area contributed by atoms with Gasteiger partial charge in [-0.2, -0.15) is 0 Å². The van der Waals surface area contributed by atoms with Crippen LogP contribution in [-0.4, -0.2) is 22.8 Å². The topological polar surface area (TPSA) is 53.2 Å². The summed E-state index contributed by atoms with van der Waals surface area (Å²) in [5, 5.41) is 0. The van der Waals surface area contributed by atoms with Crippen LogP contribution in [0.15, 0.2) is 53.0 Å². The fourth-order valence-electron chi connectivity index (χ4n) is 3.77. The summed E-state index contributed by atoms with van der Waals surface area (Å²) >= 11 is 0. The second kappa shape index (κ2) is 13.2. The number of methoxy groups -OCH3 is 1. The molecular weight excluding hydrogens is 394 g/mol. The Morgan fingerprint density at radius 3 is 2.37 bits per heavy atom. The maximum atomic E-state index is 5.51. The maximum absolute atomic E-state index is 5.51. The van der Waals surface area contributed by atoms with Crippen LogP contribution >= 0.6 is 12.4 Å². The van der Waals surface area contributed by atoms with E-state index >= 15 is 0 Å². The van der Waals surface area contributed by atoms with Crippen LogP contribution in [-0.2, 0) is 11.2 Å². The minimum atomic E-state index is 0. The van der Waals surface area contributed by atoms with E-state index in [1.54, 1.807) is 7.11 Å². The number of rotatable bonds is 13. The van der Waals surface area contributed by atoms with Crippen molar-refractivity contribution in [2.45, 2.75) is 71.1 Å². The number of nitrogens with one attached hydrogen (secondary N) is 2. The first-order valence-electron chi connectivity index (χ1n) is 11.2. The van der Waals surface area contributed by atoms with Gasteiger partial charge in [0.1, 0.15) is 11.5 Å². The second-order valence-corrected chi connectivity index (χ2v) is 7.84. The van der Waals surface area contributed by atoms with Crippen molar-refractivity contribution < 1.29 is 4.74 Å². The summed E-state index contributed by atoms with van der Waals surface area (Å²) < 4.78 is 5.51. The van der Waals surface area contributed by atoms with E-state index in [9.17, 15) is 0 Å². The summed E-state index contributed by atoms with van der Waals surface area (Å²) in [6.07, 6.45) is 19.3. The number of unbranched alkanes of at least 4 members (excludes halogenated alkanes) is 8. The van der Waals surface area contributed by atoms with Gasteiger partial charge in [-0.05, 0) is 43.2 Å². The van der Waals surface area contributed by atoms with E-state index in [0.29, 0.717) is 0 Å². The summed E-state index contributed by atoms with van der Waals surface area (Å²) in [5.74, 6) is 0.796. The average Bonchev–Trinajstić information content (AvgIpc) is 3.48. The first-order chi connectivity index (χ1) is 14.3. The van der Waals surface area contributed by atoms with Gasteiger partial charge in [0.15, 0.2) is 0 Å². The lowest BCUT2D eigenvalue weighted by Gasteiger charge is -2.02. The molecule has 0 spiro atoms. The van der Waals surface area contributed by atoms with Gasteiger partial charge in [-0.25, -0.2) is 4.99 Å². The first kappa shape index (κ1) is 24.1. The number of hydrogen-bond donors (Lipinski definition) is 2. The molecule has 0 atom stereocenters. The summed E-state index contributed by atoms with van der Waals surface area (Å²) in [4.78, 5) is 11.4. The molecular formula is C25H36ClN3O. The third-order valence-electron chi connectivity index (χ3n) is 5.47. The van der Waals surface area contributed by atoms with E-state index in [-0.39, 0.29) is 12.4 Å². The van der Waals surface area contributed by atoms with E-state index in [1.807, 2.05) is 24.4 Å². The van der Waals surface area contributed by atoms with Crippen molar-refractivity contribution in [3.8, 4) is 0 Å².